The average Bonchev–Trinajstić information content (AvgIpc) is 3.93. The minimum atomic E-state index is 0.0879. The first-order chi connectivity index (χ1) is 36.2. The smallest absolute Gasteiger partial charge is 0.0579 e. The van der Waals surface area contributed by atoms with Crippen LogP contribution >= 0.6 is 0 Å². The van der Waals surface area contributed by atoms with Crippen molar-refractivity contribution >= 4 is 44.2 Å². The van der Waals surface area contributed by atoms with E-state index in [0.29, 0.717) is 0 Å². The fourth-order valence-corrected chi connectivity index (χ4v) is 12.2. The van der Waals surface area contributed by atoms with Crippen LogP contribution in [0, 0.1) is 10.7 Å². The number of hydrogen-bond donors (Lipinski definition) is 0. The maximum absolute atomic E-state index is 7.08. The predicted molar refractivity (Wildman–Crippen MR) is 301 cm³/mol. The van der Waals surface area contributed by atoms with E-state index in [2.05, 4.69) is 284 Å². The third-order valence-electron chi connectivity index (χ3n) is 14.8. The molecule has 0 saturated heterocycles. The van der Waals surface area contributed by atoms with E-state index in [-0.39, 0.29) is 5.41 Å². The zero-order valence-electron chi connectivity index (χ0n) is 41.7. The van der Waals surface area contributed by atoms with E-state index < -0.39 is 0 Å². The summed E-state index contributed by atoms with van der Waals surface area (Å²) in [6.45, 7) is 9.74. The Balaban J connectivity index is 0.975. The van der Waals surface area contributed by atoms with Crippen molar-refractivity contribution in [3.05, 3.63) is 245 Å². The molecule has 0 aliphatic carbocycles. The number of benzene rings is 9. The number of aryl methyl sites for hydroxylation is 1. The molecule has 3 aromatic heterocycles. The number of nitrogens with zero attached hydrogens (tertiary/aromatic N) is 5. The summed E-state index contributed by atoms with van der Waals surface area (Å²) in [5.41, 5.74) is 19.7. The number of imidazole rings is 1. The Morgan fingerprint density at radius 1 is 0.500 bits per heavy atom. The second-order valence-corrected chi connectivity index (χ2v) is 21.4. The summed E-state index contributed by atoms with van der Waals surface area (Å²) in [7, 11) is 0. The molecule has 0 spiro atoms. The normalized spacial score (nSPS) is 12.5. The Bertz CT molecular complexity index is 4110. The van der Waals surface area contributed by atoms with Crippen LogP contribution in [0.4, 0.5) is 11.4 Å². The molecule has 1 aliphatic heterocycles. The summed E-state index contributed by atoms with van der Waals surface area (Å²) in [4.78, 5) is 7.63. The SMILES string of the molecule is Cc1cc(-n2c3ccccc3c3ccc(Oc4ccc5c(c4)-n4[c](=[Pt])n(-c6c(-c7ccccc7)cccc6-c6ccccc6)c6cccc(c64)CCN5c4ccccc4)cc32)ncc1-c1ccc(C(C)(C)C)cc1. The van der Waals surface area contributed by atoms with Crippen molar-refractivity contribution in [1.29, 1.82) is 0 Å². The summed E-state index contributed by atoms with van der Waals surface area (Å²) >= 11 is 2.57. The molecule has 362 valence electrons. The van der Waals surface area contributed by atoms with E-state index in [0.717, 1.165) is 107 Å². The standard InChI is InChI=1S/C67H53N5O.Pt/c1-45-40-64(68-43-58(45)48-30-32-50(33-31-48)67(2,3)4)72-59-28-15-14-25-56(59)57-36-34-52(41-62(57)72)73-53-35-37-60-63(42-53)71-44-70(61-29-16-22-49(65(61)71)38-39-69(60)51-23-12-7-13-24-51)66-54(46-18-8-5-9-19-46)26-17-27-55(66)47-20-10-6-11-21-47;/h5-37,40-43H,38-39H2,1-4H3;. The molecule has 13 rings (SSSR count). The Kier molecular flexibility index (Phi) is 11.3. The van der Waals surface area contributed by atoms with Crippen LogP contribution in [0.25, 0.3) is 83.4 Å². The van der Waals surface area contributed by atoms with E-state index in [9.17, 15) is 0 Å². The van der Waals surface area contributed by atoms with Gasteiger partial charge in [0.1, 0.15) is 0 Å². The van der Waals surface area contributed by atoms with Gasteiger partial charge in [-0.1, -0.05) is 57.2 Å². The number of rotatable bonds is 8. The Labute approximate surface area is 442 Å². The van der Waals surface area contributed by atoms with E-state index >= 15 is 0 Å². The van der Waals surface area contributed by atoms with Crippen LogP contribution in [0.3, 0.4) is 0 Å². The summed E-state index contributed by atoms with van der Waals surface area (Å²) in [5, 5.41) is 2.31. The topological polar surface area (TPSA) is 40.1 Å². The van der Waals surface area contributed by atoms with Gasteiger partial charge in [-0.2, -0.15) is 0 Å². The van der Waals surface area contributed by atoms with Crippen molar-refractivity contribution in [3.8, 4) is 62.1 Å². The number of para-hydroxylation sites is 4. The molecule has 7 heteroatoms. The van der Waals surface area contributed by atoms with Crippen molar-refractivity contribution in [2.24, 2.45) is 0 Å². The van der Waals surface area contributed by atoms with Gasteiger partial charge in [0.15, 0.2) is 0 Å². The molecule has 0 atom stereocenters. The first-order valence-corrected chi connectivity index (χ1v) is 26.5. The average molecular weight is 1140 g/mol. The number of anilines is 2. The third-order valence-corrected chi connectivity index (χ3v) is 15.8. The molecular weight excluding hydrogens is 1090 g/mol. The summed E-state index contributed by atoms with van der Waals surface area (Å²) in [6.07, 6.45) is 2.88. The quantitative estimate of drug-likeness (QED) is 0.152. The fraction of sp³-hybridized carbons (Fsp3) is 0.104. The number of aromatic nitrogens is 4. The number of pyridine rings is 1. The van der Waals surface area contributed by atoms with E-state index in [1.165, 1.54) is 33.2 Å². The van der Waals surface area contributed by atoms with Gasteiger partial charge in [0.25, 0.3) is 0 Å². The van der Waals surface area contributed by atoms with E-state index in [1.807, 2.05) is 6.20 Å². The van der Waals surface area contributed by atoms with Gasteiger partial charge in [-0.05, 0) is 29.0 Å². The minimum Gasteiger partial charge on any atom is -0.0579 e. The molecule has 0 amide bonds. The number of hydrogen-bond acceptors (Lipinski definition) is 3. The van der Waals surface area contributed by atoms with Crippen LogP contribution in [-0.2, 0) is 31.2 Å². The number of fused-ring (bicyclic) bond motifs is 5. The molecule has 0 fully saturated rings. The van der Waals surface area contributed by atoms with Gasteiger partial charge in [0.2, 0.25) is 0 Å². The van der Waals surface area contributed by atoms with Gasteiger partial charge in [-0.25, -0.2) is 0 Å². The fourth-order valence-electron chi connectivity index (χ4n) is 11.1. The molecule has 9 aromatic carbocycles. The van der Waals surface area contributed by atoms with Crippen molar-refractivity contribution in [2.75, 3.05) is 11.4 Å². The molecule has 0 bridgehead atoms. The molecule has 0 unspecified atom stereocenters. The van der Waals surface area contributed by atoms with Gasteiger partial charge in [0, 0.05) is 11.8 Å². The molecule has 0 radical (unpaired) electrons. The first kappa shape index (κ1) is 45.5. The van der Waals surface area contributed by atoms with Crippen LogP contribution < -0.4 is 9.64 Å². The van der Waals surface area contributed by atoms with Gasteiger partial charge < -0.3 is 0 Å². The Morgan fingerprint density at radius 2 is 1.11 bits per heavy atom. The number of ether oxygens (including phenoxy) is 1. The van der Waals surface area contributed by atoms with E-state index in [1.54, 1.807) is 0 Å². The second kappa shape index (κ2) is 18.3. The predicted octanol–water partition coefficient (Wildman–Crippen LogP) is 17.1. The van der Waals surface area contributed by atoms with Gasteiger partial charge in [-0.15, -0.1) is 0 Å². The molecule has 4 heterocycles. The monoisotopic (exact) mass is 1140 g/mol. The van der Waals surface area contributed by atoms with Crippen molar-refractivity contribution < 1.29 is 24.1 Å². The first-order valence-electron chi connectivity index (χ1n) is 25.4. The molecule has 12 aromatic rings. The van der Waals surface area contributed by atoms with Crippen molar-refractivity contribution in [2.45, 2.75) is 39.5 Å². The zero-order valence-corrected chi connectivity index (χ0v) is 44.0. The van der Waals surface area contributed by atoms with Crippen molar-refractivity contribution in [1.82, 2.24) is 18.7 Å². The summed E-state index contributed by atoms with van der Waals surface area (Å²) in [5.74, 6) is 2.35. The Hall–Kier alpha value is -8.31. The van der Waals surface area contributed by atoms with Crippen LogP contribution in [-0.4, -0.2) is 25.2 Å². The second-order valence-electron chi connectivity index (χ2n) is 20.3. The molecule has 0 N–H and O–H groups in total. The van der Waals surface area contributed by atoms with Gasteiger partial charge >= 0.3 is 347 Å². The molecular formula is C67H53N5OPt. The van der Waals surface area contributed by atoms with Crippen molar-refractivity contribution in [3.63, 3.8) is 0 Å². The van der Waals surface area contributed by atoms with Gasteiger partial charge in [-0.3, -0.25) is 0 Å². The molecule has 1 aliphatic rings. The molecule has 74 heavy (non-hydrogen) atoms. The summed E-state index contributed by atoms with van der Waals surface area (Å²) < 4.78 is 15.4. The summed E-state index contributed by atoms with van der Waals surface area (Å²) in [6, 6.07) is 78.7. The third kappa shape index (κ3) is 7.84. The zero-order chi connectivity index (χ0) is 50.1. The van der Waals surface area contributed by atoms with Gasteiger partial charge in [0.05, 0.1) is 0 Å². The molecule has 6 nitrogen and oxygen atoms in total. The van der Waals surface area contributed by atoms with Crippen LogP contribution in [0.5, 0.6) is 11.5 Å². The maximum atomic E-state index is 7.08. The van der Waals surface area contributed by atoms with Crippen LogP contribution in [0.2, 0.25) is 0 Å². The van der Waals surface area contributed by atoms with Crippen LogP contribution in [0.1, 0.15) is 37.5 Å². The Morgan fingerprint density at radius 3 is 1.81 bits per heavy atom. The minimum absolute atomic E-state index is 0.0879. The van der Waals surface area contributed by atoms with Crippen LogP contribution in [0.15, 0.2) is 225 Å². The van der Waals surface area contributed by atoms with E-state index in [4.69, 9.17) is 9.72 Å². The molecule has 0 saturated carbocycles.